The van der Waals surface area contributed by atoms with Gasteiger partial charge in [0.2, 0.25) is 0 Å². The Morgan fingerprint density at radius 1 is 1.35 bits per heavy atom. The van der Waals surface area contributed by atoms with Gasteiger partial charge in [-0.25, -0.2) is 0 Å². The first-order chi connectivity index (χ1) is 7.70. The second-order valence-corrected chi connectivity index (χ2v) is 4.98. The van der Waals surface area contributed by atoms with Crippen LogP contribution in [0.25, 0.3) is 0 Å². The summed E-state index contributed by atoms with van der Waals surface area (Å²) in [6.45, 7) is 8.71. The van der Waals surface area contributed by atoms with Gasteiger partial charge in [-0.15, -0.1) is 12.4 Å². The minimum absolute atomic E-state index is 0. The number of hydrogen-bond donors (Lipinski definition) is 1. The number of hydrogen-bond acceptors (Lipinski definition) is 2. The smallest absolute Gasteiger partial charge is 0.0236 e. The van der Waals surface area contributed by atoms with Crippen LogP contribution in [0.1, 0.15) is 23.1 Å². The van der Waals surface area contributed by atoms with Crippen molar-refractivity contribution in [1.82, 2.24) is 4.90 Å². The van der Waals surface area contributed by atoms with Gasteiger partial charge in [-0.3, -0.25) is 4.90 Å². The number of nitrogens with zero attached hydrogens (tertiary/aromatic N) is 1. The summed E-state index contributed by atoms with van der Waals surface area (Å²) in [6.07, 6.45) is 1.27. The fourth-order valence-electron chi connectivity index (χ4n) is 2.47. The summed E-state index contributed by atoms with van der Waals surface area (Å²) in [5.74, 6) is 0.713. The van der Waals surface area contributed by atoms with Gasteiger partial charge in [-0.05, 0) is 56.0 Å². The van der Waals surface area contributed by atoms with Crippen molar-refractivity contribution < 1.29 is 0 Å². The number of likely N-dealkylation sites (tertiary alicyclic amines) is 1. The molecule has 1 aliphatic heterocycles. The summed E-state index contributed by atoms with van der Waals surface area (Å²) >= 11 is 0. The van der Waals surface area contributed by atoms with E-state index in [9.17, 15) is 0 Å². The van der Waals surface area contributed by atoms with Crippen LogP contribution in [-0.2, 0) is 6.54 Å². The maximum absolute atomic E-state index is 5.72. The molecule has 1 aromatic rings. The van der Waals surface area contributed by atoms with E-state index in [0.717, 1.165) is 13.1 Å². The molecule has 2 rings (SSSR count). The number of rotatable bonds is 3. The molecular formula is C14H23ClN2. The molecule has 1 saturated heterocycles. The maximum atomic E-state index is 5.72. The van der Waals surface area contributed by atoms with Crippen molar-refractivity contribution in [3.05, 3.63) is 34.9 Å². The molecule has 0 amide bonds. The molecule has 0 radical (unpaired) electrons. The number of halogens is 1. The highest BCUT2D eigenvalue weighted by atomic mass is 35.5. The number of aryl methyl sites for hydroxylation is 1. The molecule has 1 heterocycles. The Morgan fingerprint density at radius 2 is 2.12 bits per heavy atom. The third-order valence-electron chi connectivity index (χ3n) is 3.81. The van der Waals surface area contributed by atoms with Gasteiger partial charge in [0.15, 0.2) is 0 Å². The first kappa shape index (κ1) is 14.5. The largest absolute Gasteiger partial charge is 0.330 e. The van der Waals surface area contributed by atoms with Gasteiger partial charge < -0.3 is 5.73 Å². The highest BCUT2D eigenvalue weighted by Gasteiger charge is 2.21. The van der Waals surface area contributed by atoms with Crippen LogP contribution >= 0.6 is 12.4 Å². The lowest BCUT2D eigenvalue weighted by Gasteiger charge is -2.18. The molecule has 0 aromatic heterocycles. The molecule has 3 heteroatoms. The molecule has 1 fully saturated rings. The van der Waals surface area contributed by atoms with Crippen molar-refractivity contribution in [2.24, 2.45) is 11.7 Å². The van der Waals surface area contributed by atoms with E-state index >= 15 is 0 Å². The first-order valence-corrected chi connectivity index (χ1v) is 6.18. The molecule has 0 saturated carbocycles. The van der Waals surface area contributed by atoms with Crippen molar-refractivity contribution in [2.75, 3.05) is 19.6 Å². The molecule has 0 aliphatic carbocycles. The van der Waals surface area contributed by atoms with Crippen LogP contribution in [0.4, 0.5) is 0 Å². The molecule has 2 nitrogen and oxygen atoms in total. The van der Waals surface area contributed by atoms with Crippen molar-refractivity contribution in [3.63, 3.8) is 0 Å². The lowest BCUT2D eigenvalue weighted by Crippen LogP contribution is -2.23. The molecule has 1 aliphatic rings. The lowest BCUT2D eigenvalue weighted by molar-refractivity contribution is 0.317. The Hall–Kier alpha value is -0.570. The van der Waals surface area contributed by atoms with E-state index in [2.05, 4.69) is 36.9 Å². The van der Waals surface area contributed by atoms with Gasteiger partial charge in [-0.1, -0.05) is 18.2 Å². The third-order valence-corrected chi connectivity index (χ3v) is 3.81. The summed E-state index contributed by atoms with van der Waals surface area (Å²) in [5.41, 5.74) is 10.0. The fraction of sp³-hybridized carbons (Fsp3) is 0.571. The van der Waals surface area contributed by atoms with Crippen LogP contribution in [0.5, 0.6) is 0 Å². The second-order valence-electron chi connectivity index (χ2n) is 4.98. The molecule has 1 atom stereocenters. The van der Waals surface area contributed by atoms with Gasteiger partial charge in [0.05, 0.1) is 0 Å². The Morgan fingerprint density at radius 3 is 2.76 bits per heavy atom. The minimum atomic E-state index is 0. The third kappa shape index (κ3) is 3.44. The van der Waals surface area contributed by atoms with Gasteiger partial charge in [0.25, 0.3) is 0 Å². The second kappa shape index (κ2) is 6.39. The molecular weight excluding hydrogens is 232 g/mol. The van der Waals surface area contributed by atoms with Crippen LogP contribution in [0, 0.1) is 19.8 Å². The summed E-state index contributed by atoms with van der Waals surface area (Å²) in [6, 6.07) is 6.60. The molecule has 96 valence electrons. The van der Waals surface area contributed by atoms with E-state index < -0.39 is 0 Å². The van der Waals surface area contributed by atoms with E-state index in [1.807, 2.05) is 0 Å². The van der Waals surface area contributed by atoms with Crippen LogP contribution in [0.15, 0.2) is 18.2 Å². The lowest BCUT2D eigenvalue weighted by atomic mass is 10.0. The van der Waals surface area contributed by atoms with Gasteiger partial charge >= 0.3 is 0 Å². The summed E-state index contributed by atoms with van der Waals surface area (Å²) in [7, 11) is 0. The molecule has 1 aromatic carbocycles. The number of nitrogens with two attached hydrogens (primary N) is 1. The summed E-state index contributed by atoms with van der Waals surface area (Å²) < 4.78 is 0. The quantitative estimate of drug-likeness (QED) is 0.898. The van der Waals surface area contributed by atoms with E-state index in [0.29, 0.717) is 5.92 Å². The average Bonchev–Trinajstić information content (AvgIpc) is 2.73. The van der Waals surface area contributed by atoms with Crippen molar-refractivity contribution >= 4 is 12.4 Å². The first-order valence-electron chi connectivity index (χ1n) is 6.18. The standard InChI is InChI=1S/C14H22N2.ClH/c1-11-4-3-5-14(12(11)2)10-16-7-6-13(8-15)9-16;/h3-5,13H,6-10,15H2,1-2H3;1H. The van der Waals surface area contributed by atoms with E-state index in [1.165, 1.54) is 36.2 Å². The highest BCUT2D eigenvalue weighted by molar-refractivity contribution is 5.85. The van der Waals surface area contributed by atoms with Crippen LogP contribution < -0.4 is 5.73 Å². The average molecular weight is 255 g/mol. The zero-order valence-corrected chi connectivity index (χ0v) is 11.6. The van der Waals surface area contributed by atoms with Gasteiger partial charge in [-0.2, -0.15) is 0 Å². The monoisotopic (exact) mass is 254 g/mol. The summed E-state index contributed by atoms with van der Waals surface area (Å²) in [5, 5.41) is 0. The minimum Gasteiger partial charge on any atom is -0.330 e. The molecule has 2 N–H and O–H groups in total. The van der Waals surface area contributed by atoms with E-state index in [4.69, 9.17) is 5.73 Å². The van der Waals surface area contributed by atoms with E-state index in [1.54, 1.807) is 0 Å². The SMILES string of the molecule is Cc1cccc(CN2CCC(CN)C2)c1C.Cl. The molecule has 17 heavy (non-hydrogen) atoms. The Labute approximate surface area is 111 Å². The zero-order valence-electron chi connectivity index (χ0n) is 10.8. The highest BCUT2D eigenvalue weighted by Crippen LogP contribution is 2.20. The molecule has 1 unspecified atom stereocenters. The Balaban J connectivity index is 0.00000144. The predicted molar refractivity (Wildman–Crippen MR) is 75.6 cm³/mol. The van der Waals surface area contributed by atoms with Crippen LogP contribution in [0.3, 0.4) is 0 Å². The summed E-state index contributed by atoms with van der Waals surface area (Å²) in [4.78, 5) is 2.53. The zero-order chi connectivity index (χ0) is 11.5. The van der Waals surface area contributed by atoms with Crippen molar-refractivity contribution in [1.29, 1.82) is 0 Å². The fourth-order valence-corrected chi connectivity index (χ4v) is 2.47. The van der Waals surface area contributed by atoms with Crippen LogP contribution in [-0.4, -0.2) is 24.5 Å². The molecule has 0 spiro atoms. The Kier molecular flexibility index (Phi) is 5.44. The van der Waals surface area contributed by atoms with Crippen molar-refractivity contribution in [2.45, 2.75) is 26.8 Å². The predicted octanol–water partition coefficient (Wildman–Crippen LogP) is 2.51. The van der Waals surface area contributed by atoms with Gasteiger partial charge in [0.1, 0.15) is 0 Å². The molecule has 0 bridgehead atoms. The van der Waals surface area contributed by atoms with Gasteiger partial charge in [0, 0.05) is 13.1 Å². The van der Waals surface area contributed by atoms with E-state index in [-0.39, 0.29) is 12.4 Å². The van der Waals surface area contributed by atoms with Crippen LogP contribution in [0.2, 0.25) is 0 Å². The topological polar surface area (TPSA) is 29.3 Å². The Bertz CT molecular complexity index is 365. The maximum Gasteiger partial charge on any atom is 0.0236 e. The van der Waals surface area contributed by atoms with Crippen molar-refractivity contribution in [3.8, 4) is 0 Å². The number of benzene rings is 1. The normalized spacial score (nSPS) is 20.3.